The summed E-state index contributed by atoms with van der Waals surface area (Å²) in [4.78, 5) is 8.53. The van der Waals surface area contributed by atoms with Crippen LogP contribution in [0.4, 0.5) is 0 Å². The maximum atomic E-state index is 10.3. The lowest BCUT2D eigenvalue weighted by Gasteiger charge is -2.28. The van der Waals surface area contributed by atoms with Crippen LogP contribution in [0.5, 0.6) is 5.75 Å². The number of phenolic OH excluding ortho intramolecular Hbond substituents is 1. The van der Waals surface area contributed by atoms with Gasteiger partial charge in [0.1, 0.15) is 10.8 Å². The van der Waals surface area contributed by atoms with Crippen LogP contribution in [0, 0.1) is 0 Å². The minimum Gasteiger partial charge on any atom is -0.507 e. The molecule has 2 fully saturated rings. The minimum atomic E-state index is 0.141. The van der Waals surface area contributed by atoms with E-state index in [0.29, 0.717) is 28.7 Å². The molecule has 2 atom stereocenters. The molecule has 0 aliphatic carbocycles. The summed E-state index contributed by atoms with van der Waals surface area (Å²) >= 11 is 1.78. The smallest absolute Gasteiger partial charge is 0.185 e. The van der Waals surface area contributed by atoms with Crippen LogP contribution in [0.1, 0.15) is 25.7 Å². The second-order valence-corrected chi connectivity index (χ2v) is 8.38. The fourth-order valence-corrected chi connectivity index (χ4v) is 5.22. The molecule has 6 nitrogen and oxygen atoms in total. The Kier molecular flexibility index (Phi) is 3.98. The van der Waals surface area contributed by atoms with E-state index in [2.05, 4.69) is 25.5 Å². The summed E-state index contributed by atoms with van der Waals surface area (Å²) in [7, 11) is 0. The number of nitrogens with zero attached hydrogens (tertiary/aromatic N) is 4. The molecule has 132 valence electrons. The monoisotopic (exact) mass is 365 g/mol. The summed E-state index contributed by atoms with van der Waals surface area (Å²) in [6.45, 7) is 0. The molecule has 2 aromatic heterocycles. The van der Waals surface area contributed by atoms with Gasteiger partial charge < -0.3 is 10.4 Å². The number of pyridine rings is 1. The van der Waals surface area contributed by atoms with Crippen molar-refractivity contribution < 1.29 is 5.11 Å². The van der Waals surface area contributed by atoms with Gasteiger partial charge in [0, 0.05) is 35.1 Å². The van der Waals surface area contributed by atoms with Crippen LogP contribution in [0.2, 0.25) is 0 Å². The average Bonchev–Trinajstić information content (AvgIpc) is 3.00. The number of aromatic hydroxyl groups is 1. The normalized spacial score (nSPS) is 24.8. The first-order valence-corrected chi connectivity index (χ1v) is 9.82. The van der Waals surface area contributed by atoms with Gasteiger partial charge in [0.05, 0.1) is 11.8 Å². The molecule has 2 unspecified atom stereocenters. The zero-order chi connectivity index (χ0) is 17.5. The Morgan fingerprint density at radius 3 is 2.65 bits per heavy atom. The van der Waals surface area contributed by atoms with Gasteiger partial charge in [0.2, 0.25) is 0 Å². The molecule has 4 heterocycles. The summed E-state index contributed by atoms with van der Waals surface area (Å²) in [6, 6.07) is 6.79. The summed E-state index contributed by atoms with van der Waals surface area (Å²) in [5, 5.41) is 25.9. The number of rotatable bonds is 3. The lowest BCUT2D eigenvalue weighted by molar-refractivity contribution is 0.414. The fourth-order valence-electron chi connectivity index (χ4n) is 4.02. The highest BCUT2D eigenvalue weighted by molar-refractivity contribution is 7.99. The third-order valence-electron chi connectivity index (χ3n) is 5.25. The van der Waals surface area contributed by atoms with E-state index in [1.807, 2.05) is 12.1 Å². The number of benzene rings is 1. The number of phenols is 1. The first-order chi connectivity index (χ1) is 12.7. The predicted octanol–water partition coefficient (Wildman–Crippen LogP) is 3.17. The lowest BCUT2D eigenvalue weighted by Crippen LogP contribution is -2.39. The summed E-state index contributed by atoms with van der Waals surface area (Å²) in [5.41, 5.74) is 0.590. The highest BCUT2D eigenvalue weighted by atomic mass is 32.2. The number of thioether (sulfide) groups is 1. The molecule has 3 aromatic rings. The zero-order valence-corrected chi connectivity index (χ0v) is 15.0. The Labute approximate surface area is 155 Å². The van der Waals surface area contributed by atoms with Crippen molar-refractivity contribution in [1.29, 1.82) is 0 Å². The van der Waals surface area contributed by atoms with Crippen LogP contribution in [-0.2, 0) is 0 Å². The van der Waals surface area contributed by atoms with Crippen molar-refractivity contribution in [3.8, 4) is 17.1 Å². The molecular weight excluding hydrogens is 346 g/mol. The summed E-state index contributed by atoms with van der Waals surface area (Å²) in [6.07, 6.45) is 10.2. The largest absolute Gasteiger partial charge is 0.507 e. The van der Waals surface area contributed by atoms with E-state index in [9.17, 15) is 5.11 Å². The third-order valence-corrected chi connectivity index (χ3v) is 6.40. The van der Waals surface area contributed by atoms with Gasteiger partial charge in [-0.15, -0.1) is 10.2 Å². The molecule has 0 saturated carbocycles. The molecule has 1 aromatic carbocycles. The molecule has 7 heteroatoms. The maximum absolute atomic E-state index is 10.3. The van der Waals surface area contributed by atoms with Crippen molar-refractivity contribution in [3.63, 3.8) is 0 Å². The molecule has 0 spiro atoms. The molecular formula is C19H19N5OS. The molecule has 2 N–H and O–H groups in total. The zero-order valence-electron chi connectivity index (χ0n) is 14.2. The Hall–Kier alpha value is -2.25. The van der Waals surface area contributed by atoms with E-state index in [1.165, 1.54) is 25.7 Å². The van der Waals surface area contributed by atoms with Crippen molar-refractivity contribution in [3.05, 3.63) is 36.8 Å². The van der Waals surface area contributed by atoms with Gasteiger partial charge in [0.15, 0.2) is 5.82 Å². The predicted molar refractivity (Wildman–Crippen MR) is 101 cm³/mol. The van der Waals surface area contributed by atoms with Gasteiger partial charge in [-0.1, -0.05) is 11.8 Å². The minimum absolute atomic E-state index is 0.141. The Morgan fingerprint density at radius 2 is 1.88 bits per heavy atom. The highest BCUT2D eigenvalue weighted by Crippen LogP contribution is 2.36. The van der Waals surface area contributed by atoms with Crippen LogP contribution in [-0.4, -0.2) is 42.6 Å². The molecule has 2 aliphatic heterocycles. The Morgan fingerprint density at radius 1 is 1.04 bits per heavy atom. The van der Waals surface area contributed by atoms with Gasteiger partial charge in [-0.2, -0.15) is 0 Å². The van der Waals surface area contributed by atoms with Crippen LogP contribution in [0.25, 0.3) is 22.2 Å². The van der Waals surface area contributed by atoms with Crippen molar-refractivity contribution in [2.75, 3.05) is 0 Å². The van der Waals surface area contributed by atoms with Crippen molar-refractivity contribution in [1.82, 2.24) is 25.5 Å². The van der Waals surface area contributed by atoms with E-state index >= 15 is 0 Å². The molecule has 0 amide bonds. The van der Waals surface area contributed by atoms with E-state index in [4.69, 9.17) is 0 Å². The van der Waals surface area contributed by atoms with E-state index in [1.54, 1.807) is 36.4 Å². The van der Waals surface area contributed by atoms with Gasteiger partial charge in [0.25, 0.3) is 0 Å². The molecule has 2 aliphatic rings. The first kappa shape index (κ1) is 16.0. The Balaban J connectivity index is 1.37. The molecule has 2 saturated heterocycles. The molecule has 2 bridgehead atoms. The maximum Gasteiger partial charge on any atom is 0.185 e. The number of aromatic nitrogens is 4. The quantitative estimate of drug-likeness (QED) is 0.737. The topological polar surface area (TPSA) is 83.8 Å². The van der Waals surface area contributed by atoms with Crippen molar-refractivity contribution >= 4 is 22.5 Å². The number of piperidine rings is 1. The van der Waals surface area contributed by atoms with Crippen LogP contribution in [0.3, 0.4) is 0 Å². The third kappa shape index (κ3) is 3.01. The van der Waals surface area contributed by atoms with E-state index in [-0.39, 0.29) is 5.75 Å². The molecule has 0 radical (unpaired) electrons. The number of hydrogen-bond acceptors (Lipinski definition) is 7. The van der Waals surface area contributed by atoms with E-state index in [0.717, 1.165) is 15.8 Å². The SMILES string of the molecule is Oc1cc2cnccc2cc1-c1ncc(SC2CC3CCC(C2)N3)nn1. The average molecular weight is 365 g/mol. The van der Waals surface area contributed by atoms with Crippen LogP contribution >= 0.6 is 11.8 Å². The van der Waals surface area contributed by atoms with Crippen molar-refractivity contribution in [2.45, 2.75) is 48.0 Å². The number of nitrogens with one attached hydrogen (secondary N) is 1. The van der Waals surface area contributed by atoms with Crippen LogP contribution < -0.4 is 5.32 Å². The molecule has 26 heavy (non-hydrogen) atoms. The lowest BCUT2D eigenvalue weighted by atomic mass is 10.1. The van der Waals surface area contributed by atoms with Crippen molar-refractivity contribution in [2.24, 2.45) is 0 Å². The van der Waals surface area contributed by atoms with Gasteiger partial charge in [-0.05, 0) is 49.3 Å². The van der Waals surface area contributed by atoms with Gasteiger partial charge >= 0.3 is 0 Å². The van der Waals surface area contributed by atoms with Gasteiger partial charge in [-0.3, -0.25) is 4.98 Å². The summed E-state index contributed by atoms with van der Waals surface area (Å²) < 4.78 is 0. The van der Waals surface area contributed by atoms with Crippen LogP contribution in [0.15, 0.2) is 41.8 Å². The second kappa shape index (κ2) is 6.48. The number of fused-ring (bicyclic) bond motifs is 3. The fraction of sp³-hybridized carbons (Fsp3) is 0.368. The second-order valence-electron chi connectivity index (χ2n) is 7.06. The van der Waals surface area contributed by atoms with Gasteiger partial charge in [-0.25, -0.2) is 4.98 Å². The van der Waals surface area contributed by atoms with E-state index < -0.39 is 0 Å². The number of hydrogen-bond donors (Lipinski definition) is 2. The summed E-state index contributed by atoms with van der Waals surface area (Å²) in [5.74, 6) is 0.582. The first-order valence-electron chi connectivity index (χ1n) is 8.94. The standard InChI is InChI=1S/C19H19N5OS/c25-17-6-12-9-20-4-3-11(12)5-16(17)19-21-10-18(23-24-19)26-15-7-13-1-2-14(8-15)22-13/h3-6,9-10,13-15,22,25H,1-2,7-8H2. The highest BCUT2D eigenvalue weighted by Gasteiger charge is 2.34. The molecule has 5 rings (SSSR count). The Bertz CT molecular complexity index is 936.